The van der Waals surface area contributed by atoms with Gasteiger partial charge in [0.2, 0.25) is 5.91 Å². The molecule has 1 amide bonds. The number of carbonyl (C=O) groups is 1. The Morgan fingerprint density at radius 3 is 2.19 bits per heavy atom. The molecule has 10 heteroatoms. The van der Waals surface area contributed by atoms with Crippen LogP contribution >= 0.6 is 0 Å². The first-order chi connectivity index (χ1) is 21.0. The molecule has 0 saturated carbocycles. The Kier molecular flexibility index (Phi) is 20.3. The summed E-state index contributed by atoms with van der Waals surface area (Å²) in [6.45, 7) is 14.3. The number of hydrogen-bond donors (Lipinski definition) is 1. The van der Waals surface area contributed by atoms with E-state index in [4.69, 9.17) is 28.4 Å². The van der Waals surface area contributed by atoms with Crippen LogP contribution < -0.4 is 5.32 Å². The summed E-state index contributed by atoms with van der Waals surface area (Å²) < 4.78 is 32.9. The topological polar surface area (TPSA) is 91.0 Å². The maximum absolute atomic E-state index is 13.1. The number of hydrogen-bond acceptors (Lipinski definition) is 9. The largest absolute Gasteiger partial charge is 0.382 e. The van der Waals surface area contributed by atoms with Gasteiger partial charge in [-0.05, 0) is 31.1 Å². The fourth-order valence-electron chi connectivity index (χ4n) is 4.44. The average Bonchev–Trinajstić information content (AvgIpc) is 3.48. The Labute approximate surface area is 258 Å². The lowest BCUT2D eigenvalue weighted by atomic mass is 10.1. The number of amides is 1. The standard InChI is InChI=1S/C33H53N3O7/c1-5-6-8-11-29(2)32(35(3)33(37)26-34-30-12-9-7-10-13-30)28-36-15-14-31(27-36)43-25-24-42-23-22-41-21-20-40-19-18-39-17-16-38-4/h5-13,31-32,34H,2,14-28H2,1,3-4H3/b6-5-,11-8-/t31-,32+/m0/s1. The van der Waals surface area contributed by atoms with Crippen molar-refractivity contribution in [3.05, 3.63) is 66.8 Å². The smallest absolute Gasteiger partial charge is 0.242 e. The lowest BCUT2D eigenvalue weighted by molar-refractivity contribution is -0.129. The highest BCUT2D eigenvalue weighted by atomic mass is 16.6. The Morgan fingerprint density at radius 1 is 0.977 bits per heavy atom. The Balaban J connectivity index is 1.63. The molecule has 0 aliphatic carbocycles. The molecule has 0 bridgehead atoms. The number of ether oxygens (including phenoxy) is 6. The second-order valence-electron chi connectivity index (χ2n) is 10.2. The maximum atomic E-state index is 13.1. The zero-order valence-corrected chi connectivity index (χ0v) is 26.4. The molecule has 10 nitrogen and oxygen atoms in total. The van der Waals surface area contributed by atoms with Crippen LogP contribution in [0.3, 0.4) is 0 Å². The maximum Gasteiger partial charge on any atom is 0.242 e. The first-order valence-electron chi connectivity index (χ1n) is 15.2. The minimum absolute atomic E-state index is 0.0124. The number of carbonyl (C=O) groups excluding carboxylic acids is 1. The normalized spacial score (nSPS) is 16.3. The van der Waals surface area contributed by atoms with Crippen molar-refractivity contribution in [2.45, 2.75) is 25.5 Å². The van der Waals surface area contributed by atoms with Crippen molar-refractivity contribution in [2.75, 3.05) is 112 Å². The molecular formula is C33H53N3O7. The van der Waals surface area contributed by atoms with Gasteiger partial charge in [0, 0.05) is 39.5 Å². The van der Waals surface area contributed by atoms with Gasteiger partial charge in [0.25, 0.3) is 0 Å². The summed E-state index contributed by atoms with van der Waals surface area (Å²) in [6, 6.07) is 9.61. The van der Waals surface area contributed by atoms with Crippen molar-refractivity contribution >= 4 is 11.6 Å². The number of benzene rings is 1. The van der Waals surface area contributed by atoms with E-state index in [2.05, 4.69) is 16.8 Å². The van der Waals surface area contributed by atoms with Crippen LogP contribution in [0.2, 0.25) is 0 Å². The van der Waals surface area contributed by atoms with Gasteiger partial charge in [-0.1, -0.05) is 49.1 Å². The third-order valence-electron chi connectivity index (χ3n) is 6.91. The van der Waals surface area contributed by atoms with Gasteiger partial charge >= 0.3 is 0 Å². The van der Waals surface area contributed by atoms with E-state index in [0.29, 0.717) is 72.6 Å². The molecule has 0 radical (unpaired) electrons. The second-order valence-corrected chi connectivity index (χ2v) is 10.2. The Hall–Kier alpha value is -2.57. The summed E-state index contributed by atoms with van der Waals surface area (Å²) in [5.41, 5.74) is 1.82. The first kappa shape index (κ1) is 36.6. The van der Waals surface area contributed by atoms with E-state index >= 15 is 0 Å². The molecule has 1 aromatic rings. The van der Waals surface area contributed by atoms with E-state index in [0.717, 1.165) is 30.8 Å². The van der Waals surface area contributed by atoms with Crippen molar-refractivity contribution < 1.29 is 33.2 Å². The number of allylic oxidation sites excluding steroid dienone is 3. The van der Waals surface area contributed by atoms with E-state index in [1.165, 1.54) is 0 Å². The van der Waals surface area contributed by atoms with Crippen LogP contribution in [0.15, 0.2) is 66.8 Å². The summed E-state index contributed by atoms with van der Waals surface area (Å²) in [7, 11) is 3.50. The fourth-order valence-corrected chi connectivity index (χ4v) is 4.44. The molecule has 1 aliphatic rings. The van der Waals surface area contributed by atoms with Crippen molar-refractivity contribution in [2.24, 2.45) is 0 Å². The van der Waals surface area contributed by atoms with Gasteiger partial charge in [0.15, 0.2) is 0 Å². The zero-order valence-electron chi connectivity index (χ0n) is 26.4. The molecule has 1 saturated heterocycles. The number of likely N-dealkylation sites (N-methyl/N-ethyl adjacent to an activating group) is 1. The molecule has 0 aromatic heterocycles. The Morgan fingerprint density at radius 2 is 1.58 bits per heavy atom. The molecule has 0 unspecified atom stereocenters. The van der Waals surface area contributed by atoms with Crippen molar-refractivity contribution in [3.8, 4) is 0 Å². The van der Waals surface area contributed by atoms with Gasteiger partial charge in [-0.3, -0.25) is 9.69 Å². The lowest BCUT2D eigenvalue weighted by Crippen LogP contribution is -2.47. The van der Waals surface area contributed by atoms with Crippen LogP contribution in [-0.2, 0) is 33.2 Å². The number of rotatable bonds is 25. The predicted molar refractivity (Wildman–Crippen MR) is 171 cm³/mol. The van der Waals surface area contributed by atoms with Crippen LogP contribution in [0.4, 0.5) is 5.69 Å². The number of nitrogens with one attached hydrogen (secondary N) is 1. The minimum atomic E-state index is -0.145. The van der Waals surface area contributed by atoms with Crippen LogP contribution in [0, 0.1) is 0 Å². The minimum Gasteiger partial charge on any atom is -0.382 e. The molecule has 1 aliphatic heterocycles. The van der Waals surface area contributed by atoms with Crippen LogP contribution in [0.25, 0.3) is 0 Å². The average molecular weight is 604 g/mol. The highest BCUT2D eigenvalue weighted by molar-refractivity contribution is 5.81. The molecule has 1 heterocycles. The van der Waals surface area contributed by atoms with Gasteiger partial charge in [-0.25, -0.2) is 0 Å². The molecule has 2 rings (SSSR count). The van der Waals surface area contributed by atoms with Gasteiger partial charge in [-0.15, -0.1) is 0 Å². The van der Waals surface area contributed by atoms with Crippen molar-refractivity contribution in [3.63, 3.8) is 0 Å². The number of anilines is 1. The van der Waals surface area contributed by atoms with Gasteiger partial charge in [0.05, 0.1) is 84.8 Å². The van der Waals surface area contributed by atoms with E-state index in [-0.39, 0.29) is 24.6 Å². The molecule has 1 N–H and O–H groups in total. The molecule has 0 spiro atoms. The van der Waals surface area contributed by atoms with Gasteiger partial charge in [-0.2, -0.15) is 0 Å². The lowest BCUT2D eigenvalue weighted by Gasteiger charge is -2.32. The number of nitrogens with zero attached hydrogens (tertiary/aromatic N) is 2. The van der Waals surface area contributed by atoms with E-state index in [1.807, 2.05) is 68.6 Å². The number of methoxy groups -OCH3 is 1. The molecule has 1 aromatic carbocycles. The van der Waals surface area contributed by atoms with E-state index < -0.39 is 0 Å². The number of para-hydroxylation sites is 1. The predicted octanol–water partition coefficient (Wildman–Crippen LogP) is 3.42. The molecule has 1 fully saturated rings. The van der Waals surface area contributed by atoms with Crippen molar-refractivity contribution in [1.82, 2.24) is 9.80 Å². The fraction of sp³-hybridized carbons (Fsp3) is 0.606. The summed E-state index contributed by atoms with van der Waals surface area (Å²) in [5.74, 6) is 0.0124. The third-order valence-corrected chi connectivity index (χ3v) is 6.91. The molecule has 242 valence electrons. The van der Waals surface area contributed by atoms with Crippen LogP contribution in [0.5, 0.6) is 0 Å². The number of likely N-dealkylation sites (tertiary alicyclic amines) is 1. The quantitative estimate of drug-likeness (QED) is 0.133. The van der Waals surface area contributed by atoms with E-state index in [1.54, 1.807) is 12.0 Å². The first-order valence-corrected chi connectivity index (χ1v) is 15.2. The zero-order chi connectivity index (χ0) is 31.0. The second kappa shape index (κ2) is 23.8. The summed E-state index contributed by atoms with van der Waals surface area (Å²) in [5, 5.41) is 3.22. The monoisotopic (exact) mass is 603 g/mol. The van der Waals surface area contributed by atoms with Crippen LogP contribution in [0.1, 0.15) is 13.3 Å². The van der Waals surface area contributed by atoms with Crippen molar-refractivity contribution in [1.29, 1.82) is 0 Å². The molecule has 2 atom stereocenters. The summed E-state index contributed by atoms with van der Waals surface area (Å²) in [6.07, 6.45) is 8.97. The van der Waals surface area contributed by atoms with E-state index in [9.17, 15) is 4.79 Å². The SMILES string of the molecule is C=C(/C=C\C=C/C)[C@@H](CN1CC[C@H](OCCOCCOCCOCCOCCOC)C1)N(C)C(=O)CNc1ccccc1. The Bertz CT molecular complexity index is 928. The summed E-state index contributed by atoms with van der Waals surface area (Å²) >= 11 is 0. The third kappa shape index (κ3) is 16.7. The van der Waals surface area contributed by atoms with Gasteiger partial charge in [0.1, 0.15) is 0 Å². The van der Waals surface area contributed by atoms with Gasteiger partial charge < -0.3 is 38.6 Å². The van der Waals surface area contributed by atoms with Crippen LogP contribution in [-0.4, -0.2) is 134 Å². The molecular weight excluding hydrogens is 550 g/mol. The summed E-state index contributed by atoms with van der Waals surface area (Å²) in [4.78, 5) is 17.2. The molecule has 43 heavy (non-hydrogen) atoms. The highest BCUT2D eigenvalue weighted by Gasteiger charge is 2.29. The highest BCUT2D eigenvalue weighted by Crippen LogP contribution is 2.18.